The second-order valence-corrected chi connectivity index (χ2v) is 8.27. The summed E-state index contributed by atoms with van der Waals surface area (Å²) in [5, 5.41) is 9.10. The van der Waals surface area contributed by atoms with Crippen LogP contribution in [0.4, 0.5) is 0 Å². The van der Waals surface area contributed by atoms with Gasteiger partial charge in [0.1, 0.15) is 17.3 Å². The van der Waals surface area contributed by atoms with Gasteiger partial charge >= 0.3 is 0 Å². The zero-order valence-corrected chi connectivity index (χ0v) is 18.2. The van der Waals surface area contributed by atoms with E-state index in [1.165, 1.54) is 5.56 Å². The minimum absolute atomic E-state index is 0.314. The fourth-order valence-electron chi connectivity index (χ4n) is 3.86. The van der Waals surface area contributed by atoms with Crippen LogP contribution in [0.2, 0.25) is 0 Å². The van der Waals surface area contributed by atoms with Crippen LogP contribution < -0.4 is 9.47 Å². The van der Waals surface area contributed by atoms with Gasteiger partial charge in [-0.05, 0) is 54.2 Å². The summed E-state index contributed by atoms with van der Waals surface area (Å²) in [6, 6.07) is 10.5. The van der Waals surface area contributed by atoms with Crippen LogP contribution in [0, 0.1) is 0 Å². The molecule has 0 spiro atoms. The highest BCUT2D eigenvalue weighted by atomic mass is 79.9. The number of ether oxygens (including phenoxy) is 2. The number of hydrogen-bond acceptors (Lipinski definition) is 4. The van der Waals surface area contributed by atoms with E-state index in [-0.39, 0.29) is 0 Å². The molecular weight excluding hydrogens is 418 g/mol. The maximum absolute atomic E-state index is 5.71. The van der Waals surface area contributed by atoms with E-state index in [2.05, 4.69) is 68.8 Å². The molecule has 0 saturated heterocycles. The average Bonchev–Trinajstić information content (AvgIpc) is 3.01. The van der Waals surface area contributed by atoms with Gasteiger partial charge in [0.05, 0.1) is 25.5 Å². The molecule has 146 valence electrons. The number of hydrogen-bond donors (Lipinski definition) is 0. The van der Waals surface area contributed by atoms with E-state index >= 15 is 0 Å². The number of aromatic nitrogens is 3. The maximum Gasteiger partial charge on any atom is 0.172 e. The first-order valence-electron chi connectivity index (χ1n) is 9.52. The highest BCUT2D eigenvalue weighted by Crippen LogP contribution is 2.40. The molecule has 1 aromatic heterocycles. The second kappa shape index (κ2) is 7.59. The largest absolute Gasteiger partial charge is 0.496 e. The average molecular weight is 442 g/mol. The molecule has 0 atom stereocenters. The first-order valence-corrected chi connectivity index (χ1v) is 10.3. The van der Waals surface area contributed by atoms with Crippen molar-refractivity contribution in [3.8, 4) is 28.6 Å². The Morgan fingerprint density at radius 2 is 1.79 bits per heavy atom. The van der Waals surface area contributed by atoms with Crippen LogP contribution in [0.5, 0.6) is 11.5 Å². The van der Waals surface area contributed by atoms with Gasteiger partial charge in [0.25, 0.3) is 0 Å². The predicted octanol–water partition coefficient (Wildman–Crippen LogP) is 5.33. The monoisotopic (exact) mass is 441 g/mol. The molecule has 2 heterocycles. The zero-order chi connectivity index (χ0) is 19.8. The van der Waals surface area contributed by atoms with Crippen molar-refractivity contribution < 1.29 is 9.47 Å². The highest BCUT2D eigenvalue weighted by Gasteiger charge is 2.24. The van der Waals surface area contributed by atoms with Crippen LogP contribution in [0.25, 0.3) is 17.1 Å². The molecule has 0 bridgehead atoms. The van der Waals surface area contributed by atoms with Crippen molar-refractivity contribution in [1.29, 1.82) is 0 Å². The minimum Gasteiger partial charge on any atom is -0.496 e. The molecule has 1 aliphatic rings. The maximum atomic E-state index is 5.71. The fourth-order valence-corrected chi connectivity index (χ4v) is 4.27. The van der Waals surface area contributed by atoms with Gasteiger partial charge in [0.15, 0.2) is 5.82 Å². The lowest BCUT2D eigenvalue weighted by Gasteiger charge is -2.18. The molecule has 0 saturated carbocycles. The third-order valence-electron chi connectivity index (χ3n) is 5.27. The third-order valence-corrected chi connectivity index (χ3v) is 5.77. The summed E-state index contributed by atoms with van der Waals surface area (Å²) in [5.74, 6) is 3.67. The SMILES string of the molecule is COc1cc(OC)c(C(C)C)cc1-c1nnc2n1-c1ccc(Br)cc1CCC2. The Hall–Kier alpha value is -2.34. The molecule has 1 aliphatic heterocycles. The van der Waals surface area contributed by atoms with E-state index in [0.717, 1.165) is 63.7 Å². The quantitative estimate of drug-likeness (QED) is 0.549. The second-order valence-electron chi connectivity index (χ2n) is 7.35. The Morgan fingerprint density at radius 1 is 1.00 bits per heavy atom. The van der Waals surface area contributed by atoms with Crippen LogP contribution >= 0.6 is 15.9 Å². The number of methoxy groups -OCH3 is 2. The first kappa shape index (κ1) is 19.0. The molecule has 0 unspecified atom stereocenters. The molecule has 4 rings (SSSR count). The molecule has 0 fully saturated rings. The molecule has 0 radical (unpaired) electrons. The molecule has 0 aliphatic carbocycles. The molecule has 5 nitrogen and oxygen atoms in total. The third kappa shape index (κ3) is 3.20. The summed E-state index contributed by atoms with van der Waals surface area (Å²) < 4.78 is 14.6. The van der Waals surface area contributed by atoms with Crippen LogP contribution in [0.3, 0.4) is 0 Å². The predicted molar refractivity (Wildman–Crippen MR) is 114 cm³/mol. The standard InChI is InChI=1S/C22H24BrN3O2/c1-13(2)16-11-17(20(28-4)12-19(16)27-3)22-25-24-21-7-5-6-14-10-15(23)8-9-18(14)26(21)22/h8-13H,5-7H2,1-4H3. The Labute approximate surface area is 173 Å². The fraction of sp³-hybridized carbons (Fsp3) is 0.364. The van der Waals surface area contributed by atoms with E-state index in [0.29, 0.717) is 5.92 Å². The van der Waals surface area contributed by atoms with E-state index in [1.807, 2.05) is 6.07 Å². The highest BCUT2D eigenvalue weighted by molar-refractivity contribution is 9.10. The van der Waals surface area contributed by atoms with Gasteiger partial charge in [0.2, 0.25) is 0 Å². The van der Waals surface area contributed by atoms with Gasteiger partial charge < -0.3 is 9.47 Å². The van der Waals surface area contributed by atoms with Crippen molar-refractivity contribution in [1.82, 2.24) is 14.8 Å². The summed E-state index contributed by atoms with van der Waals surface area (Å²) in [7, 11) is 3.37. The summed E-state index contributed by atoms with van der Waals surface area (Å²) in [5.41, 5.74) is 4.49. The molecule has 0 amide bonds. The van der Waals surface area contributed by atoms with Gasteiger partial charge in [-0.15, -0.1) is 10.2 Å². The summed E-state index contributed by atoms with van der Waals surface area (Å²) in [6.07, 6.45) is 2.97. The van der Waals surface area contributed by atoms with Crippen molar-refractivity contribution in [3.05, 3.63) is 51.8 Å². The van der Waals surface area contributed by atoms with Gasteiger partial charge in [-0.2, -0.15) is 0 Å². The Balaban J connectivity index is 1.98. The van der Waals surface area contributed by atoms with Crippen LogP contribution in [-0.2, 0) is 12.8 Å². The molecule has 28 heavy (non-hydrogen) atoms. The topological polar surface area (TPSA) is 49.2 Å². The smallest absolute Gasteiger partial charge is 0.172 e. The normalized spacial score (nSPS) is 13.1. The lowest BCUT2D eigenvalue weighted by molar-refractivity contribution is 0.390. The van der Waals surface area contributed by atoms with Crippen LogP contribution in [0.1, 0.15) is 43.1 Å². The Bertz CT molecular complexity index is 1030. The minimum atomic E-state index is 0.314. The molecular formula is C22H24BrN3O2. The van der Waals surface area contributed by atoms with Crippen LogP contribution in [0.15, 0.2) is 34.8 Å². The lowest BCUT2D eigenvalue weighted by Crippen LogP contribution is -2.05. The Kier molecular flexibility index (Phi) is 5.15. The molecule has 0 N–H and O–H groups in total. The van der Waals surface area contributed by atoms with Crippen molar-refractivity contribution in [2.45, 2.75) is 39.0 Å². The summed E-state index contributed by atoms with van der Waals surface area (Å²) in [4.78, 5) is 0. The van der Waals surface area contributed by atoms with Crippen molar-refractivity contribution in [2.75, 3.05) is 14.2 Å². The molecule has 3 aromatic rings. The van der Waals surface area contributed by atoms with E-state index in [1.54, 1.807) is 14.2 Å². The number of rotatable bonds is 4. The van der Waals surface area contributed by atoms with E-state index in [4.69, 9.17) is 9.47 Å². The van der Waals surface area contributed by atoms with Crippen molar-refractivity contribution >= 4 is 15.9 Å². The lowest BCUT2D eigenvalue weighted by atomic mass is 9.98. The van der Waals surface area contributed by atoms with E-state index in [9.17, 15) is 0 Å². The van der Waals surface area contributed by atoms with Gasteiger partial charge in [-0.3, -0.25) is 4.57 Å². The number of fused-ring (bicyclic) bond motifs is 3. The van der Waals surface area contributed by atoms with Gasteiger partial charge in [0, 0.05) is 17.0 Å². The number of benzene rings is 2. The molecule has 2 aromatic carbocycles. The first-order chi connectivity index (χ1) is 13.5. The summed E-state index contributed by atoms with van der Waals surface area (Å²) >= 11 is 3.60. The van der Waals surface area contributed by atoms with E-state index < -0.39 is 0 Å². The van der Waals surface area contributed by atoms with Crippen molar-refractivity contribution in [3.63, 3.8) is 0 Å². The summed E-state index contributed by atoms with van der Waals surface area (Å²) in [6.45, 7) is 4.32. The number of nitrogens with zero attached hydrogens (tertiary/aromatic N) is 3. The van der Waals surface area contributed by atoms with Gasteiger partial charge in [-0.1, -0.05) is 29.8 Å². The van der Waals surface area contributed by atoms with Crippen molar-refractivity contribution in [2.24, 2.45) is 0 Å². The number of halogens is 1. The zero-order valence-electron chi connectivity index (χ0n) is 16.6. The number of aryl methyl sites for hydroxylation is 2. The molecule has 6 heteroatoms. The Morgan fingerprint density at radius 3 is 2.50 bits per heavy atom. The van der Waals surface area contributed by atoms with Gasteiger partial charge in [-0.25, -0.2) is 0 Å². The van der Waals surface area contributed by atoms with Crippen LogP contribution in [-0.4, -0.2) is 29.0 Å².